The van der Waals surface area contributed by atoms with Crippen molar-refractivity contribution in [3.8, 4) is 0 Å². The summed E-state index contributed by atoms with van der Waals surface area (Å²) in [5.74, 6) is -2.15. The molecule has 1 aromatic heterocycles. The number of aromatic carboxylic acids is 2. The smallest absolute Gasteiger partial charge is 0.337 e. The molecule has 0 amide bonds. The van der Waals surface area contributed by atoms with E-state index in [1.54, 1.807) is 6.07 Å². The molecule has 0 saturated heterocycles. The van der Waals surface area contributed by atoms with Crippen molar-refractivity contribution < 1.29 is 19.8 Å². The summed E-state index contributed by atoms with van der Waals surface area (Å²) in [5, 5.41) is 18.0. The number of H-pyrrole nitrogens is 1. The molecule has 0 spiro atoms. The SMILES string of the molecule is O=C(O)c1ccc2[nH]cc(C(=O)O)c2c1. The Morgan fingerprint density at radius 1 is 1.13 bits per heavy atom. The van der Waals surface area contributed by atoms with Gasteiger partial charge in [0.25, 0.3) is 0 Å². The predicted octanol–water partition coefficient (Wildman–Crippen LogP) is 1.56. The van der Waals surface area contributed by atoms with E-state index in [1.807, 2.05) is 0 Å². The Hall–Kier alpha value is -2.30. The first-order valence-corrected chi connectivity index (χ1v) is 4.17. The number of carbonyl (C=O) groups is 2. The van der Waals surface area contributed by atoms with Crippen molar-refractivity contribution >= 4 is 22.8 Å². The Morgan fingerprint density at radius 3 is 2.47 bits per heavy atom. The lowest BCUT2D eigenvalue weighted by molar-refractivity contribution is 0.0685. The van der Waals surface area contributed by atoms with Gasteiger partial charge in [-0.3, -0.25) is 0 Å². The molecule has 0 aliphatic heterocycles. The van der Waals surface area contributed by atoms with Crippen LogP contribution in [0, 0.1) is 0 Å². The number of hydrogen-bond donors (Lipinski definition) is 3. The topological polar surface area (TPSA) is 90.4 Å². The lowest BCUT2D eigenvalue weighted by Gasteiger charge is -1.95. The van der Waals surface area contributed by atoms with Crippen molar-refractivity contribution in [1.29, 1.82) is 0 Å². The molecular formula is C10H7NO4. The molecule has 1 aromatic carbocycles. The Bertz CT molecular complexity index is 556. The zero-order valence-electron chi connectivity index (χ0n) is 7.52. The quantitative estimate of drug-likeness (QED) is 0.693. The molecule has 5 nitrogen and oxygen atoms in total. The van der Waals surface area contributed by atoms with Crippen molar-refractivity contribution in [3.63, 3.8) is 0 Å². The third-order valence-corrected chi connectivity index (χ3v) is 2.16. The highest BCUT2D eigenvalue weighted by molar-refractivity contribution is 6.05. The second-order valence-electron chi connectivity index (χ2n) is 3.07. The van der Waals surface area contributed by atoms with Crippen LogP contribution in [0.4, 0.5) is 0 Å². The number of aromatic nitrogens is 1. The molecule has 1 heterocycles. The lowest BCUT2D eigenvalue weighted by atomic mass is 10.1. The van der Waals surface area contributed by atoms with Crippen LogP contribution in [-0.4, -0.2) is 27.1 Å². The third kappa shape index (κ3) is 1.43. The van der Waals surface area contributed by atoms with Gasteiger partial charge in [-0.2, -0.15) is 0 Å². The standard InChI is InChI=1S/C10H7NO4/c12-9(13)5-1-2-8-6(3-5)7(4-11-8)10(14)15/h1-4,11H,(H,12,13)(H,14,15). The first kappa shape index (κ1) is 9.26. The molecule has 2 aromatic rings. The fourth-order valence-corrected chi connectivity index (χ4v) is 1.43. The van der Waals surface area contributed by atoms with E-state index in [9.17, 15) is 9.59 Å². The largest absolute Gasteiger partial charge is 0.478 e. The maximum atomic E-state index is 10.8. The van der Waals surface area contributed by atoms with Crippen LogP contribution in [0.3, 0.4) is 0 Å². The fourth-order valence-electron chi connectivity index (χ4n) is 1.43. The Morgan fingerprint density at radius 2 is 1.87 bits per heavy atom. The van der Waals surface area contributed by atoms with E-state index >= 15 is 0 Å². The second kappa shape index (κ2) is 3.13. The zero-order valence-corrected chi connectivity index (χ0v) is 7.52. The lowest BCUT2D eigenvalue weighted by Crippen LogP contribution is -1.97. The van der Waals surface area contributed by atoms with Crippen LogP contribution < -0.4 is 0 Å². The molecule has 15 heavy (non-hydrogen) atoms. The van der Waals surface area contributed by atoms with Crippen LogP contribution in [0.1, 0.15) is 20.7 Å². The zero-order chi connectivity index (χ0) is 11.0. The molecule has 0 aliphatic carbocycles. The van der Waals surface area contributed by atoms with Crippen LogP contribution in [0.15, 0.2) is 24.4 Å². The molecular weight excluding hydrogens is 198 g/mol. The highest BCUT2D eigenvalue weighted by Crippen LogP contribution is 2.19. The molecule has 5 heteroatoms. The number of hydrogen-bond acceptors (Lipinski definition) is 2. The van der Waals surface area contributed by atoms with Crippen LogP contribution in [-0.2, 0) is 0 Å². The molecule has 0 atom stereocenters. The number of nitrogens with one attached hydrogen (secondary N) is 1. The minimum atomic E-state index is -1.08. The van der Waals surface area contributed by atoms with Gasteiger partial charge in [0.1, 0.15) is 0 Å². The normalized spacial score (nSPS) is 10.4. The molecule has 0 unspecified atom stereocenters. The van der Waals surface area contributed by atoms with Crippen LogP contribution in [0.25, 0.3) is 10.9 Å². The van der Waals surface area contributed by atoms with Gasteiger partial charge in [0, 0.05) is 17.1 Å². The average Bonchev–Trinajstić information content (AvgIpc) is 2.59. The number of aromatic amines is 1. The van der Waals surface area contributed by atoms with Gasteiger partial charge in [-0.25, -0.2) is 9.59 Å². The average molecular weight is 205 g/mol. The molecule has 0 saturated carbocycles. The summed E-state index contributed by atoms with van der Waals surface area (Å²) in [6, 6.07) is 4.32. The van der Waals surface area contributed by atoms with E-state index in [0.29, 0.717) is 10.9 Å². The Labute approximate surface area is 84.0 Å². The first-order valence-electron chi connectivity index (χ1n) is 4.17. The van der Waals surface area contributed by atoms with Gasteiger partial charge < -0.3 is 15.2 Å². The van der Waals surface area contributed by atoms with E-state index in [0.717, 1.165) is 0 Å². The fraction of sp³-hybridized carbons (Fsp3) is 0. The molecule has 0 bridgehead atoms. The van der Waals surface area contributed by atoms with Gasteiger partial charge in [0.2, 0.25) is 0 Å². The molecule has 0 aliphatic rings. The van der Waals surface area contributed by atoms with E-state index in [4.69, 9.17) is 10.2 Å². The maximum Gasteiger partial charge on any atom is 0.337 e. The van der Waals surface area contributed by atoms with Crippen LogP contribution in [0.2, 0.25) is 0 Å². The molecule has 3 N–H and O–H groups in total. The van der Waals surface area contributed by atoms with Crippen molar-refractivity contribution in [1.82, 2.24) is 4.98 Å². The van der Waals surface area contributed by atoms with E-state index < -0.39 is 11.9 Å². The first-order chi connectivity index (χ1) is 7.09. The number of carboxylic acids is 2. The highest BCUT2D eigenvalue weighted by Gasteiger charge is 2.12. The van der Waals surface area contributed by atoms with Gasteiger partial charge in [-0.05, 0) is 18.2 Å². The number of benzene rings is 1. The summed E-state index contributed by atoms with van der Waals surface area (Å²) >= 11 is 0. The van der Waals surface area contributed by atoms with Gasteiger partial charge in [0.15, 0.2) is 0 Å². The van der Waals surface area contributed by atoms with Crippen molar-refractivity contribution in [2.75, 3.05) is 0 Å². The summed E-state index contributed by atoms with van der Waals surface area (Å²) in [4.78, 5) is 24.2. The van der Waals surface area contributed by atoms with Gasteiger partial charge >= 0.3 is 11.9 Å². The minimum absolute atomic E-state index is 0.0737. The van der Waals surface area contributed by atoms with Gasteiger partial charge in [-0.15, -0.1) is 0 Å². The number of carboxylic acid groups (broad SMARTS) is 2. The predicted molar refractivity (Wildman–Crippen MR) is 52.2 cm³/mol. The summed E-state index contributed by atoms with van der Waals surface area (Å²) < 4.78 is 0. The van der Waals surface area contributed by atoms with Crippen molar-refractivity contribution in [2.45, 2.75) is 0 Å². The van der Waals surface area contributed by atoms with Crippen LogP contribution >= 0.6 is 0 Å². The highest BCUT2D eigenvalue weighted by atomic mass is 16.4. The summed E-state index contributed by atoms with van der Waals surface area (Å²) in [6.07, 6.45) is 1.35. The second-order valence-corrected chi connectivity index (χ2v) is 3.07. The van der Waals surface area contributed by atoms with E-state index in [2.05, 4.69) is 4.98 Å². The van der Waals surface area contributed by atoms with Crippen LogP contribution in [0.5, 0.6) is 0 Å². The minimum Gasteiger partial charge on any atom is -0.478 e. The number of fused-ring (bicyclic) bond motifs is 1. The van der Waals surface area contributed by atoms with Crippen molar-refractivity contribution in [3.05, 3.63) is 35.5 Å². The molecule has 2 rings (SSSR count). The van der Waals surface area contributed by atoms with E-state index in [1.165, 1.54) is 18.3 Å². The molecule has 0 radical (unpaired) electrons. The molecule has 0 fully saturated rings. The monoisotopic (exact) mass is 205 g/mol. The van der Waals surface area contributed by atoms with Crippen molar-refractivity contribution in [2.24, 2.45) is 0 Å². The molecule has 76 valence electrons. The summed E-state index contributed by atoms with van der Waals surface area (Å²) in [6.45, 7) is 0. The summed E-state index contributed by atoms with van der Waals surface area (Å²) in [5.41, 5.74) is 0.759. The summed E-state index contributed by atoms with van der Waals surface area (Å²) in [7, 11) is 0. The van der Waals surface area contributed by atoms with Gasteiger partial charge in [0.05, 0.1) is 11.1 Å². The third-order valence-electron chi connectivity index (χ3n) is 2.16. The Kier molecular flexibility index (Phi) is 1.93. The van der Waals surface area contributed by atoms with Gasteiger partial charge in [-0.1, -0.05) is 0 Å². The maximum absolute atomic E-state index is 10.8. The number of rotatable bonds is 2. The van der Waals surface area contributed by atoms with E-state index in [-0.39, 0.29) is 11.1 Å². The Balaban J connectivity index is 2.72.